The van der Waals surface area contributed by atoms with Crippen molar-refractivity contribution in [3.63, 3.8) is 0 Å². The highest BCUT2D eigenvalue weighted by molar-refractivity contribution is 8.13. The molecule has 6 nitrogen and oxygen atoms in total. The zero-order valence-electron chi connectivity index (χ0n) is 10.2. The van der Waals surface area contributed by atoms with Gasteiger partial charge in [0.25, 0.3) is 14.7 Å². The highest BCUT2D eigenvalue weighted by Gasteiger charge is 2.29. The van der Waals surface area contributed by atoms with Gasteiger partial charge in [0, 0.05) is 33.9 Å². The number of nitro groups is 1. The van der Waals surface area contributed by atoms with E-state index in [0.29, 0.717) is 11.1 Å². The minimum absolute atomic E-state index is 0.173. The zero-order valence-corrected chi connectivity index (χ0v) is 11.8. The number of non-ortho nitro benzene ring substituents is 1. The number of carbonyl (C=O) groups is 1. The van der Waals surface area contributed by atoms with Crippen LogP contribution in [0.15, 0.2) is 41.3 Å². The monoisotopic (exact) mass is 323 g/mol. The van der Waals surface area contributed by atoms with Gasteiger partial charge in [-0.2, -0.15) is 0 Å². The molecule has 0 heterocycles. The SMILES string of the molecule is O=C1c2cc([N+](=O)[O-])ccc2-c2ccc(S(=O)(=O)Cl)cc21. The van der Waals surface area contributed by atoms with Crippen molar-refractivity contribution in [3.8, 4) is 11.1 Å². The van der Waals surface area contributed by atoms with Crippen LogP contribution >= 0.6 is 10.7 Å². The Hall–Kier alpha value is -2.25. The first-order valence-corrected chi connectivity index (χ1v) is 8.02. The van der Waals surface area contributed by atoms with Crippen LogP contribution in [0.3, 0.4) is 0 Å². The summed E-state index contributed by atoms with van der Waals surface area (Å²) in [5, 5.41) is 10.8. The molecule has 2 aromatic rings. The number of carbonyl (C=O) groups excluding carboxylic acids is 1. The van der Waals surface area contributed by atoms with Crippen molar-refractivity contribution >= 4 is 31.2 Å². The maximum absolute atomic E-state index is 12.3. The van der Waals surface area contributed by atoms with Crippen LogP contribution in [-0.2, 0) is 9.05 Å². The lowest BCUT2D eigenvalue weighted by atomic mass is 10.1. The third-order valence-corrected chi connectivity index (χ3v) is 4.62. The van der Waals surface area contributed by atoms with Gasteiger partial charge in [-0.3, -0.25) is 14.9 Å². The molecule has 0 saturated carbocycles. The molecule has 0 saturated heterocycles. The normalized spacial score (nSPS) is 12.9. The Bertz CT molecular complexity index is 920. The quantitative estimate of drug-likeness (QED) is 0.410. The number of hydrogen-bond donors (Lipinski definition) is 0. The van der Waals surface area contributed by atoms with Crippen LogP contribution in [0.2, 0.25) is 0 Å². The van der Waals surface area contributed by atoms with E-state index < -0.39 is 19.8 Å². The average Bonchev–Trinajstić information content (AvgIpc) is 2.70. The van der Waals surface area contributed by atoms with Crippen molar-refractivity contribution in [2.24, 2.45) is 0 Å². The van der Waals surface area contributed by atoms with E-state index in [9.17, 15) is 23.3 Å². The predicted octanol–water partition coefficient (Wildman–Crippen LogP) is 2.73. The van der Waals surface area contributed by atoms with Crippen molar-refractivity contribution in [2.45, 2.75) is 4.90 Å². The van der Waals surface area contributed by atoms with Gasteiger partial charge in [0.05, 0.1) is 9.82 Å². The molecule has 0 amide bonds. The molecule has 0 aliphatic heterocycles. The van der Waals surface area contributed by atoms with Crippen molar-refractivity contribution < 1.29 is 18.1 Å². The fraction of sp³-hybridized carbons (Fsp3) is 0. The van der Waals surface area contributed by atoms with Crippen LogP contribution in [0, 0.1) is 10.1 Å². The van der Waals surface area contributed by atoms with E-state index in [4.69, 9.17) is 10.7 Å². The lowest BCUT2D eigenvalue weighted by molar-refractivity contribution is -0.384. The van der Waals surface area contributed by atoms with E-state index in [-0.39, 0.29) is 21.7 Å². The molecule has 0 atom stereocenters. The molecular formula is C13H6ClNO5S. The summed E-state index contributed by atoms with van der Waals surface area (Å²) in [6.45, 7) is 0. The highest BCUT2D eigenvalue weighted by atomic mass is 35.7. The number of hydrogen-bond acceptors (Lipinski definition) is 5. The minimum atomic E-state index is -3.94. The number of fused-ring (bicyclic) bond motifs is 3. The fourth-order valence-electron chi connectivity index (χ4n) is 2.31. The van der Waals surface area contributed by atoms with Crippen molar-refractivity contribution in [2.75, 3.05) is 0 Å². The maximum Gasteiger partial charge on any atom is 0.270 e. The summed E-state index contributed by atoms with van der Waals surface area (Å²) in [6, 6.07) is 7.92. The van der Waals surface area contributed by atoms with Gasteiger partial charge in [-0.1, -0.05) is 6.07 Å². The Balaban J connectivity index is 2.22. The van der Waals surface area contributed by atoms with Crippen molar-refractivity contribution in [3.05, 3.63) is 57.6 Å². The smallest absolute Gasteiger partial charge is 0.270 e. The third-order valence-electron chi connectivity index (χ3n) is 3.27. The first-order valence-electron chi connectivity index (χ1n) is 5.71. The summed E-state index contributed by atoms with van der Waals surface area (Å²) in [7, 11) is 1.31. The molecule has 1 aliphatic carbocycles. The predicted molar refractivity (Wildman–Crippen MR) is 75.0 cm³/mol. The molecule has 0 N–H and O–H groups in total. The lowest BCUT2D eigenvalue weighted by Crippen LogP contribution is -1.98. The zero-order chi connectivity index (χ0) is 15.4. The summed E-state index contributed by atoms with van der Waals surface area (Å²) in [6.07, 6.45) is 0. The average molecular weight is 324 g/mol. The second-order valence-electron chi connectivity index (χ2n) is 4.46. The van der Waals surface area contributed by atoms with Gasteiger partial charge in [0.2, 0.25) is 0 Å². The van der Waals surface area contributed by atoms with Crippen LogP contribution < -0.4 is 0 Å². The maximum atomic E-state index is 12.3. The number of halogens is 1. The van der Waals surface area contributed by atoms with E-state index in [0.717, 1.165) is 0 Å². The topological polar surface area (TPSA) is 94.3 Å². The molecule has 0 unspecified atom stereocenters. The van der Waals surface area contributed by atoms with E-state index in [1.165, 1.54) is 36.4 Å². The van der Waals surface area contributed by atoms with Crippen molar-refractivity contribution in [1.82, 2.24) is 0 Å². The molecular weight excluding hydrogens is 318 g/mol. The van der Waals surface area contributed by atoms with Crippen LogP contribution in [-0.4, -0.2) is 19.1 Å². The number of nitro benzene ring substituents is 1. The Morgan fingerprint density at radius 2 is 1.52 bits per heavy atom. The van der Waals surface area contributed by atoms with Gasteiger partial charge in [0.1, 0.15) is 0 Å². The van der Waals surface area contributed by atoms with E-state index >= 15 is 0 Å². The molecule has 106 valence electrons. The van der Waals surface area contributed by atoms with E-state index in [1.54, 1.807) is 0 Å². The number of nitrogens with zero attached hydrogens (tertiary/aromatic N) is 1. The summed E-state index contributed by atoms with van der Waals surface area (Å²) < 4.78 is 22.6. The first-order chi connectivity index (χ1) is 9.79. The third kappa shape index (κ3) is 2.10. The van der Waals surface area contributed by atoms with Crippen molar-refractivity contribution in [1.29, 1.82) is 0 Å². The molecule has 2 aromatic carbocycles. The molecule has 0 fully saturated rings. The Kier molecular flexibility index (Phi) is 2.86. The second-order valence-corrected chi connectivity index (χ2v) is 7.03. The van der Waals surface area contributed by atoms with Gasteiger partial charge in [0.15, 0.2) is 5.78 Å². The van der Waals surface area contributed by atoms with Crippen LogP contribution in [0.4, 0.5) is 5.69 Å². The first kappa shape index (κ1) is 13.7. The van der Waals surface area contributed by atoms with Gasteiger partial charge in [-0.25, -0.2) is 8.42 Å². The minimum Gasteiger partial charge on any atom is -0.289 e. The number of benzene rings is 2. The van der Waals surface area contributed by atoms with Crippen LogP contribution in [0.5, 0.6) is 0 Å². The summed E-state index contributed by atoms with van der Waals surface area (Å²) in [5.74, 6) is -0.453. The van der Waals surface area contributed by atoms with E-state index in [1.807, 2.05) is 0 Å². The molecule has 0 radical (unpaired) electrons. The van der Waals surface area contributed by atoms with Gasteiger partial charge < -0.3 is 0 Å². The fourth-order valence-corrected chi connectivity index (χ4v) is 3.09. The van der Waals surface area contributed by atoms with Gasteiger partial charge in [-0.05, 0) is 29.3 Å². The van der Waals surface area contributed by atoms with E-state index in [2.05, 4.69) is 0 Å². The molecule has 21 heavy (non-hydrogen) atoms. The standard InChI is InChI=1S/C13H6ClNO5S/c14-21(19,20)8-2-4-10-9-3-1-7(15(17)18)5-11(9)13(16)12(10)6-8/h1-6H. The molecule has 3 rings (SSSR count). The van der Waals surface area contributed by atoms with Crippen LogP contribution in [0.25, 0.3) is 11.1 Å². The van der Waals surface area contributed by atoms with Gasteiger partial charge in [-0.15, -0.1) is 0 Å². The molecule has 8 heteroatoms. The molecule has 0 spiro atoms. The second kappa shape index (κ2) is 4.37. The largest absolute Gasteiger partial charge is 0.289 e. The Morgan fingerprint density at radius 3 is 2.10 bits per heavy atom. The number of ketones is 1. The van der Waals surface area contributed by atoms with Crippen LogP contribution in [0.1, 0.15) is 15.9 Å². The Morgan fingerprint density at radius 1 is 0.952 bits per heavy atom. The summed E-state index contributed by atoms with van der Waals surface area (Å²) in [5.41, 5.74) is 1.24. The summed E-state index contributed by atoms with van der Waals surface area (Å²) >= 11 is 0. The molecule has 1 aliphatic rings. The van der Waals surface area contributed by atoms with Gasteiger partial charge >= 0.3 is 0 Å². The Labute approximate surface area is 123 Å². The molecule has 0 bridgehead atoms. The number of rotatable bonds is 2. The molecule has 0 aromatic heterocycles. The lowest BCUT2D eigenvalue weighted by Gasteiger charge is -2.01. The highest BCUT2D eigenvalue weighted by Crippen LogP contribution is 2.39. The summed E-state index contributed by atoms with van der Waals surface area (Å²) in [4.78, 5) is 22.3.